The third-order valence-corrected chi connectivity index (χ3v) is 5.93. The average molecular weight is 498 g/mol. The molecule has 6 nitrogen and oxygen atoms in total. The van der Waals surface area contributed by atoms with Gasteiger partial charge >= 0.3 is 6.61 Å². The van der Waals surface area contributed by atoms with Gasteiger partial charge in [0.15, 0.2) is 5.72 Å². The van der Waals surface area contributed by atoms with Crippen LogP contribution in [-0.2, 0) is 16.1 Å². The van der Waals surface area contributed by atoms with Crippen molar-refractivity contribution in [2.45, 2.75) is 66.3 Å². The summed E-state index contributed by atoms with van der Waals surface area (Å²) in [6.07, 6.45) is 4.01. The van der Waals surface area contributed by atoms with Gasteiger partial charge in [-0.1, -0.05) is 46.8 Å². The summed E-state index contributed by atoms with van der Waals surface area (Å²) in [5.74, 6) is 1.30. The molecule has 0 bridgehead atoms. The zero-order valence-electron chi connectivity index (χ0n) is 20.7. The Morgan fingerprint density at radius 2 is 2.03 bits per heavy atom. The fraction of sp³-hybridized carbons (Fsp3) is 0.600. The van der Waals surface area contributed by atoms with E-state index in [2.05, 4.69) is 47.6 Å². The van der Waals surface area contributed by atoms with Crippen molar-refractivity contribution in [3.8, 4) is 16.2 Å². The van der Waals surface area contributed by atoms with E-state index in [1.54, 1.807) is 24.4 Å². The number of thiazole rings is 1. The number of carbonyl (C=O) groups is 1. The SMILES string of the molecule is CC(C)C.CCCO[C@@]1(NC=O)CC(C)CN(Cc2ncc(-c3ccccc3OC(F)F)s2)C1. The molecule has 9 heteroatoms. The first-order chi connectivity index (χ1) is 16.2. The van der Waals surface area contributed by atoms with Gasteiger partial charge in [0.25, 0.3) is 0 Å². The van der Waals surface area contributed by atoms with E-state index >= 15 is 0 Å². The van der Waals surface area contributed by atoms with Crippen LogP contribution in [0, 0.1) is 11.8 Å². The number of aromatic nitrogens is 1. The second kappa shape index (κ2) is 13.7. The van der Waals surface area contributed by atoms with E-state index in [0.717, 1.165) is 35.2 Å². The number of halogens is 2. The molecule has 0 radical (unpaired) electrons. The van der Waals surface area contributed by atoms with Crippen LogP contribution in [0.3, 0.4) is 0 Å². The number of benzene rings is 1. The predicted molar refractivity (Wildman–Crippen MR) is 132 cm³/mol. The van der Waals surface area contributed by atoms with Crippen molar-refractivity contribution in [3.63, 3.8) is 0 Å². The number of hydrogen-bond donors (Lipinski definition) is 1. The monoisotopic (exact) mass is 497 g/mol. The van der Waals surface area contributed by atoms with E-state index in [0.29, 0.717) is 37.6 Å². The molecule has 1 unspecified atom stereocenters. The minimum Gasteiger partial charge on any atom is -0.434 e. The number of nitrogens with zero attached hydrogens (tertiary/aromatic N) is 2. The lowest BCUT2D eigenvalue weighted by molar-refractivity contribution is -0.140. The van der Waals surface area contributed by atoms with E-state index in [-0.39, 0.29) is 5.75 Å². The lowest BCUT2D eigenvalue weighted by Gasteiger charge is -2.44. The van der Waals surface area contributed by atoms with Gasteiger partial charge in [0, 0.05) is 37.9 Å². The fourth-order valence-electron chi connectivity index (χ4n) is 3.90. The van der Waals surface area contributed by atoms with Crippen molar-refractivity contribution in [3.05, 3.63) is 35.5 Å². The normalized spacial score (nSPS) is 20.7. The van der Waals surface area contributed by atoms with Gasteiger partial charge in [-0.3, -0.25) is 9.69 Å². The summed E-state index contributed by atoms with van der Waals surface area (Å²) in [6.45, 7) is 10.4. The molecule has 1 saturated heterocycles. The van der Waals surface area contributed by atoms with Crippen LogP contribution in [0.2, 0.25) is 0 Å². The van der Waals surface area contributed by atoms with Gasteiger partial charge in [0.2, 0.25) is 6.41 Å². The van der Waals surface area contributed by atoms with Gasteiger partial charge in [-0.15, -0.1) is 11.3 Å². The Bertz CT molecular complexity index is 878. The summed E-state index contributed by atoms with van der Waals surface area (Å²) in [5, 5.41) is 3.75. The molecular weight excluding hydrogens is 460 g/mol. The zero-order chi connectivity index (χ0) is 25.1. The number of carbonyl (C=O) groups excluding carboxylic acids is 1. The fourth-order valence-corrected chi connectivity index (χ4v) is 4.89. The Morgan fingerprint density at radius 3 is 2.68 bits per heavy atom. The molecule has 1 N–H and O–H groups in total. The zero-order valence-corrected chi connectivity index (χ0v) is 21.5. The standard InChI is InChI=1S/C21H27F2N3O3S.C4H10/c1-3-8-28-21(25-14-27)9-15(2)11-26(13-21)12-19-24-10-18(30-19)16-6-4-5-7-17(16)29-20(22)23;1-4(2)3/h4-7,10,14-15,20H,3,8-9,11-13H2,1-2H3,(H,25,27);4H,1-3H3/t15?,21-;/m0./s1. The van der Waals surface area contributed by atoms with Crippen molar-refractivity contribution in [2.75, 3.05) is 19.7 Å². The highest BCUT2D eigenvalue weighted by molar-refractivity contribution is 7.15. The predicted octanol–water partition coefficient (Wildman–Crippen LogP) is 5.78. The quantitative estimate of drug-likeness (QED) is 0.333. The smallest absolute Gasteiger partial charge is 0.387 e. The number of para-hydroxylation sites is 1. The number of alkyl halides is 2. The highest BCUT2D eigenvalue weighted by Crippen LogP contribution is 2.35. The average Bonchev–Trinajstić information content (AvgIpc) is 3.20. The van der Waals surface area contributed by atoms with Crippen LogP contribution >= 0.6 is 11.3 Å². The summed E-state index contributed by atoms with van der Waals surface area (Å²) >= 11 is 1.45. The van der Waals surface area contributed by atoms with Crippen LogP contribution < -0.4 is 10.1 Å². The van der Waals surface area contributed by atoms with Crippen molar-refractivity contribution in [1.82, 2.24) is 15.2 Å². The first kappa shape index (κ1) is 28.1. The first-order valence-corrected chi connectivity index (χ1v) is 12.6. The molecule has 0 spiro atoms. The van der Waals surface area contributed by atoms with Crippen LogP contribution in [0.4, 0.5) is 8.78 Å². The van der Waals surface area contributed by atoms with Gasteiger partial charge in [-0.25, -0.2) is 4.98 Å². The van der Waals surface area contributed by atoms with E-state index in [4.69, 9.17) is 4.74 Å². The molecule has 1 aromatic heterocycles. The molecule has 1 aromatic carbocycles. The van der Waals surface area contributed by atoms with Crippen molar-refractivity contribution in [1.29, 1.82) is 0 Å². The van der Waals surface area contributed by atoms with Crippen molar-refractivity contribution < 1.29 is 23.0 Å². The highest BCUT2D eigenvalue weighted by Gasteiger charge is 2.39. The Hall–Kier alpha value is -2.10. The summed E-state index contributed by atoms with van der Waals surface area (Å²) < 4.78 is 36.1. The molecule has 2 heterocycles. The largest absolute Gasteiger partial charge is 0.434 e. The molecule has 190 valence electrons. The molecule has 2 atom stereocenters. The molecule has 34 heavy (non-hydrogen) atoms. The number of ether oxygens (including phenoxy) is 2. The third kappa shape index (κ3) is 8.92. The van der Waals surface area contributed by atoms with Gasteiger partial charge in [-0.2, -0.15) is 8.78 Å². The second-order valence-corrected chi connectivity index (χ2v) is 10.4. The molecule has 1 aliphatic heterocycles. The molecule has 1 aliphatic rings. The molecule has 3 rings (SSSR count). The first-order valence-electron chi connectivity index (χ1n) is 11.7. The van der Waals surface area contributed by atoms with E-state index in [1.807, 2.05) is 6.92 Å². The van der Waals surface area contributed by atoms with Gasteiger partial charge in [0.1, 0.15) is 10.8 Å². The molecule has 0 aliphatic carbocycles. The topological polar surface area (TPSA) is 63.7 Å². The maximum atomic E-state index is 12.7. The van der Waals surface area contributed by atoms with Gasteiger partial charge < -0.3 is 14.8 Å². The van der Waals surface area contributed by atoms with Crippen LogP contribution in [0.25, 0.3) is 10.4 Å². The maximum absolute atomic E-state index is 12.7. The Kier molecular flexibility index (Phi) is 11.3. The van der Waals surface area contributed by atoms with E-state index < -0.39 is 12.3 Å². The Morgan fingerprint density at radius 1 is 1.32 bits per heavy atom. The number of piperidine rings is 1. The van der Waals surface area contributed by atoms with Gasteiger partial charge in [-0.05, 0) is 30.4 Å². The summed E-state index contributed by atoms with van der Waals surface area (Å²) in [6, 6.07) is 6.71. The molecule has 2 aromatic rings. The lowest BCUT2D eigenvalue weighted by Crippen LogP contribution is -2.60. The number of rotatable bonds is 10. The Balaban J connectivity index is 0.000000945. The van der Waals surface area contributed by atoms with Crippen LogP contribution in [-0.4, -0.2) is 48.3 Å². The van der Waals surface area contributed by atoms with E-state index in [1.165, 1.54) is 17.4 Å². The Labute approximate surface area is 205 Å². The number of hydrogen-bond acceptors (Lipinski definition) is 6. The highest BCUT2D eigenvalue weighted by atomic mass is 32.1. The lowest BCUT2D eigenvalue weighted by atomic mass is 9.92. The minimum absolute atomic E-state index is 0.136. The number of likely N-dealkylation sites (tertiary alicyclic amines) is 1. The molecule has 1 amide bonds. The summed E-state index contributed by atoms with van der Waals surface area (Å²) in [5.41, 5.74) is -0.107. The second-order valence-electron chi connectivity index (χ2n) is 9.31. The number of nitrogens with one attached hydrogen (secondary N) is 1. The maximum Gasteiger partial charge on any atom is 0.387 e. The van der Waals surface area contributed by atoms with Crippen LogP contribution in [0.1, 0.15) is 52.5 Å². The van der Waals surface area contributed by atoms with E-state index in [9.17, 15) is 13.6 Å². The van der Waals surface area contributed by atoms with Crippen molar-refractivity contribution >= 4 is 17.7 Å². The van der Waals surface area contributed by atoms with Crippen molar-refractivity contribution in [2.24, 2.45) is 11.8 Å². The minimum atomic E-state index is -2.88. The van der Waals surface area contributed by atoms with Gasteiger partial charge in [0.05, 0.1) is 11.4 Å². The molecular formula is C25H37F2N3O3S. The molecule has 0 saturated carbocycles. The van der Waals surface area contributed by atoms with Crippen LogP contribution in [0.5, 0.6) is 5.75 Å². The molecule has 1 fully saturated rings. The third-order valence-electron chi connectivity index (χ3n) is 4.91. The summed E-state index contributed by atoms with van der Waals surface area (Å²) in [7, 11) is 0. The number of amides is 1. The summed E-state index contributed by atoms with van der Waals surface area (Å²) in [4.78, 5) is 18.7. The van der Waals surface area contributed by atoms with Crippen LogP contribution in [0.15, 0.2) is 30.5 Å².